The van der Waals surface area contributed by atoms with Gasteiger partial charge in [-0.05, 0) is 43.7 Å². The fourth-order valence-corrected chi connectivity index (χ4v) is 3.29. The summed E-state index contributed by atoms with van der Waals surface area (Å²) in [6, 6.07) is 17.0. The van der Waals surface area contributed by atoms with E-state index >= 15 is 0 Å². The third-order valence-electron chi connectivity index (χ3n) is 4.37. The van der Waals surface area contributed by atoms with Gasteiger partial charge in [0, 0.05) is 5.69 Å². The quantitative estimate of drug-likeness (QED) is 0.577. The minimum atomic E-state index is -0.616. The average Bonchev–Trinajstić information content (AvgIpc) is 2.60. The zero-order valence-corrected chi connectivity index (χ0v) is 15.4. The highest BCUT2D eigenvalue weighted by Crippen LogP contribution is 2.39. The van der Waals surface area contributed by atoms with Crippen LogP contribution in [0.15, 0.2) is 54.6 Å². The molecule has 0 aromatic heterocycles. The second-order valence-corrected chi connectivity index (χ2v) is 7.61. The molecule has 0 aliphatic carbocycles. The van der Waals surface area contributed by atoms with Gasteiger partial charge in [-0.3, -0.25) is 4.79 Å². The smallest absolute Gasteiger partial charge is 0.258 e. The van der Waals surface area contributed by atoms with E-state index in [-0.39, 0.29) is 11.9 Å². The zero-order valence-electron chi connectivity index (χ0n) is 14.6. The van der Waals surface area contributed by atoms with E-state index in [1.165, 1.54) is 0 Å². The number of amides is 1. The lowest BCUT2D eigenvalue weighted by atomic mass is 9.86. The molecule has 1 fully saturated rings. The van der Waals surface area contributed by atoms with Crippen LogP contribution in [0.3, 0.4) is 0 Å². The van der Waals surface area contributed by atoms with Crippen LogP contribution in [0.5, 0.6) is 5.75 Å². The molecular formula is C20H22ClNO3. The zero-order chi connectivity index (χ0) is 18.0. The fraction of sp³-hybridized carbons (Fsp3) is 0.350. The Labute approximate surface area is 153 Å². The Balaban J connectivity index is 1.77. The van der Waals surface area contributed by atoms with Crippen molar-refractivity contribution in [2.75, 3.05) is 12.0 Å². The Hall–Kier alpha value is -2.04. The first-order valence-corrected chi connectivity index (χ1v) is 8.61. The van der Waals surface area contributed by atoms with E-state index in [2.05, 4.69) is 0 Å². The monoisotopic (exact) mass is 359 g/mol. The highest BCUT2D eigenvalue weighted by atomic mass is 35.5. The average molecular weight is 360 g/mol. The van der Waals surface area contributed by atoms with Gasteiger partial charge in [0.1, 0.15) is 5.75 Å². The van der Waals surface area contributed by atoms with Crippen LogP contribution >= 0.6 is 11.6 Å². The summed E-state index contributed by atoms with van der Waals surface area (Å²) in [6.07, 6.45) is -0.546. The number of nitrogens with zero attached hydrogens (tertiary/aromatic N) is 1. The number of β-lactam (4-membered cyclic amide) rings is 1. The maximum Gasteiger partial charge on any atom is 0.258 e. The van der Waals surface area contributed by atoms with Gasteiger partial charge >= 0.3 is 0 Å². The number of rotatable bonds is 6. The summed E-state index contributed by atoms with van der Waals surface area (Å²) in [5, 5.41) is 0. The van der Waals surface area contributed by atoms with Crippen molar-refractivity contribution in [3.8, 4) is 5.75 Å². The maximum absolute atomic E-state index is 12.7. The number of halogens is 1. The Bertz CT molecular complexity index is 725. The number of methoxy groups -OCH3 is 1. The summed E-state index contributed by atoms with van der Waals surface area (Å²) in [5.74, 6) is 0.676. The highest BCUT2D eigenvalue weighted by Gasteiger charge is 2.55. The van der Waals surface area contributed by atoms with Gasteiger partial charge in [0.05, 0.1) is 24.6 Å². The molecule has 1 aliphatic heterocycles. The first kappa shape index (κ1) is 17.8. The lowest BCUT2D eigenvalue weighted by Gasteiger charge is -2.51. The van der Waals surface area contributed by atoms with Gasteiger partial charge in [-0.2, -0.15) is 0 Å². The molecule has 3 rings (SSSR count). The topological polar surface area (TPSA) is 38.8 Å². The van der Waals surface area contributed by atoms with Crippen molar-refractivity contribution in [3.05, 3.63) is 60.2 Å². The van der Waals surface area contributed by atoms with E-state index in [0.717, 1.165) is 17.0 Å². The molecule has 0 unspecified atom stereocenters. The SMILES string of the molecule is COc1ccc(N2C(=O)[C@@H](OCc3ccccc3)[C@H]2C(C)(C)Cl)cc1. The largest absolute Gasteiger partial charge is 0.497 e. The molecule has 0 N–H and O–H groups in total. The third kappa shape index (κ3) is 3.65. The summed E-state index contributed by atoms with van der Waals surface area (Å²) in [7, 11) is 1.61. The van der Waals surface area contributed by atoms with Crippen molar-refractivity contribution in [1.29, 1.82) is 0 Å². The van der Waals surface area contributed by atoms with E-state index in [0.29, 0.717) is 6.61 Å². The lowest BCUT2D eigenvalue weighted by Crippen LogP contribution is -2.71. The van der Waals surface area contributed by atoms with E-state index in [9.17, 15) is 4.79 Å². The van der Waals surface area contributed by atoms with E-state index in [1.807, 2.05) is 68.4 Å². The van der Waals surface area contributed by atoms with Gasteiger partial charge in [-0.1, -0.05) is 30.3 Å². The Kier molecular flexibility index (Phi) is 5.02. The van der Waals surface area contributed by atoms with Crippen LogP contribution in [0, 0.1) is 0 Å². The molecule has 0 radical (unpaired) electrons. The molecule has 2 aromatic carbocycles. The second-order valence-electron chi connectivity index (χ2n) is 6.63. The molecule has 1 amide bonds. The van der Waals surface area contributed by atoms with E-state index in [1.54, 1.807) is 12.0 Å². The van der Waals surface area contributed by atoms with Crippen molar-refractivity contribution in [1.82, 2.24) is 0 Å². The van der Waals surface area contributed by atoms with Crippen molar-refractivity contribution >= 4 is 23.2 Å². The molecule has 132 valence electrons. The number of anilines is 1. The first-order chi connectivity index (χ1) is 11.9. The summed E-state index contributed by atoms with van der Waals surface area (Å²) in [4.78, 5) is 13.8. The summed E-state index contributed by atoms with van der Waals surface area (Å²) >= 11 is 6.58. The number of carbonyl (C=O) groups is 1. The molecule has 5 heteroatoms. The van der Waals surface area contributed by atoms with Crippen LogP contribution in [0.1, 0.15) is 19.4 Å². The molecule has 2 atom stereocenters. The van der Waals surface area contributed by atoms with Crippen molar-refractivity contribution in [3.63, 3.8) is 0 Å². The van der Waals surface area contributed by atoms with Crippen LogP contribution in [-0.2, 0) is 16.1 Å². The standard InChI is InChI=1S/C20H22ClNO3/c1-20(2,21)18-17(25-13-14-7-5-4-6-8-14)19(23)22(18)15-9-11-16(24-3)12-10-15/h4-12,17-18H,13H2,1-3H3/t17-,18-/m0/s1. The lowest BCUT2D eigenvalue weighted by molar-refractivity contribution is -0.144. The molecule has 1 saturated heterocycles. The molecule has 0 bridgehead atoms. The number of alkyl halides is 1. The van der Waals surface area contributed by atoms with Crippen LogP contribution in [0.25, 0.3) is 0 Å². The number of benzene rings is 2. The molecule has 25 heavy (non-hydrogen) atoms. The van der Waals surface area contributed by atoms with Crippen LogP contribution in [0.4, 0.5) is 5.69 Å². The van der Waals surface area contributed by atoms with Crippen LogP contribution < -0.4 is 9.64 Å². The fourth-order valence-electron chi connectivity index (χ4n) is 3.08. The van der Waals surface area contributed by atoms with Crippen LogP contribution in [-0.4, -0.2) is 30.0 Å². The predicted octanol–water partition coefficient (Wildman–Crippen LogP) is 4.01. The highest BCUT2D eigenvalue weighted by molar-refractivity contribution is 6.26. The minimum absolute atomic E-state index is 0.0696. The number of hydrogen-bond acceptors (Lipinski definition) is 3. The molecule has 2 aromatic rings. The first-order valence-electron chi connectivity index (χ1n) is 8.23. The van der Waals surface area contributed by atoms with Gasteiger partial charge in [-0.15, -0.1) is 11.6 Å². The van der Waals surface area contributed by atoms with Crippen LogP contribution in [0.2, 0.25) is 0 Å². The van der Waals surface area contributed by atoms with Gasteiger partial charge in [0.15, 0.2) is 6.10 Å². The number of hydrogen-bond donors (Lipinski definition) is 0. The molecule has 1 heterocycles. The van der Waals surface area contributed by atoms with Gasteiger partial charge < -0.3 is 14.4 Å². The van der Waals surface area contributed by atoms with E-state index < -0.39 is 11.0 Å². The number of ether oxygens (including phenoxy) is 2. The molecule has 4 nitrogen and oxygen atoms in total. The maximum atomic E-state index is 12.7. The van der Waals surface area contributed by atoms with Crippen molar-refractivity contribution in [2.45, 2.75) is 37.5 Å². The third-order valence-corrected chi connectivity index (χ3v) is 4.60. The Morgan fingerprint density at radius 2 is 1.72 bits per heavy atom. The molecule has 1 aliphatic rings. The summed E-state index contributed by atoms with van der Waals surface area (Å²) in [5.41, 5.74) is 1.83. The van der Waals surface area contributed by atoms with Crippen molar-refractivity contribution in [2.24, 2.45) is 0 Å². The predicted molar refractivity (Wildman–Crippen MR) is 99.2 cm³/mol. The number of carbonyl (C=O) groups excluding carboxylic acids is 1. The van der Waals surface area contributed by atoms with Gasteiger partial charge in [-0.25, -0.2) is 0 Å². The summed E-state index contributed by atoms with van der Waals surface area (Å²) in [6.45, 7) is 4.19. The summed E-state index contributed by atoms with van der Waals surface area (Å²) < 4.78 is 11.1. The Morgan fingerprint density at radius 3 is 2.28 bits per heavy atom. The van der Waals surface area contributed by atoms with Crippen molar-refractivity contribution < 1.29 is 14.3 Å². The Morgan fingerprint density at radius 1 is 1.08 bits per heavy atom. The van der Waals surface area contributed by atoms with Gasteiger partial charge in [0.2, 0.25) is 0 Å². The second kappa shape index (κ2) is 7.06. The molecule has 0 saturated carbocycles. The molecular weight excluding hydrogens is 338 g/mol. The molecule has 0 spiro atoms. The normalized spacial score (nSPS) is 20.3. The minimum Gasteiger partial charge on any atom is -0.497 e. The van der Waals surface area contributed by atoms with E-state index in [4.69, 9.17) is 21.1 Å². The van der Waals surface area contributed by atoms with Gasteiger partial charge in [0.25, 0.3) is 5.91 Å².